The number of nitrogens with zero attached hydrogens (tertiary/aromatic N) is 3. The molecule has 3 heterocycles. The van der Waals surface area contributed by atoms with Gasteiger partial charge >= 0.3 is 0 Å². The maximum absolute atomic E-state index is 12.7. The molecule has 1 amide bonds. The first-order valence-electron chi connectivity index (χ1n) is 8.27. The summed E-state index contributed by atoms with van der Waals surface area (Å²) < 4.78 is 25.1. The Balaban J connectivity index is 1.63. The van der Waals surface area contributed by atoms with Gasteiger partial charge in [-0.05, 0) is 37.1 Å². The predicted molar refractivity (Wildman–Crippen MR) is 97.6 cm³/mol. The number of nitrogens with one attached hydrogen (secondary N) is 1. The van der Waals surface area contributed by atoms with Gasteiger partial charge in [0.25, 0.3) is 5.91 Å². The predicted octanol–water partition coefficient (Wildman–Crippen LogP) is 1.70. The summed E-state index contributed by atoms with van der Waals surface area (Å²) in [7, 11) is -3.08. The summed E-state index contributed by atoms with van der Waals surface area (Å²) in [5, 5.41) is 7.15. The molecule has 1 fully saturated rings. The van der Waals surface area contributed by atoms with Crippen LogP contribution in [0.2, 0.25) is 0 Å². The number of hydrogen-bond acceptors (Lipinski definition) is 5. The molecule has 4 rings (SSSR count). The molecule has 1 aromatic carbocycles. The van der Waals surface area contributed by atoms with Crippen molar-refractivity contribution in [3.05, 3.63) is 54.5 Å². The molecule has 1 saturated heterocycles. The molecule has 0 unspecified atom stereocenters. The first kappa shape index (κ1) is 16.7. The molecule has 1 aliphatic heterocycles. The second-order valence-electron chi connectivity index (χ2n) is 6.88. The maximum Gasteiger partial charge on any atom is 0.251 e. The highest BCUT2D eigenvalue weighted by Crippen LogP contribution is 2.26. The van der Waals surface area contributed by atoms with E-state index in [2.05, 4.69) is 15.4 Å². The van der Waals surface area contributed by atoms with Gasteiger partial charge in [-0.25, -0.2) is 17.9 Å². The Morgan fingerprint density at radius 3 is 2.92 bits per heavy atom. The van der Waals surface area contributed by atoms with Gasteiger partial charge in [-0.2, -0.15) is 5.10 Å². The Bertz CT molecular complexity index is 1110. The van der Waals surface area contributed by atoms with E-state index in [1.54, 1.807) is 48.1 Å². The highest BCUT2D eigenvalue weighted by atomic mass is 32.2. The van der Waals surface area contributed by atoms with Gasteiger partial charge in [0, 0.05) is 23.5 Å². The van der Waals surface area contributed by atoms with Crippen LogP contribution in [0.25, 0.3) is 16.8 Å². The van der Waals surface area contributed by atoms with Crippen LogP contribution in [0.1, 0.15) is 23.7 Å². The van der Waals surface area contributed by atoms with Gasteiger partial charge in [0.15, 0.2) is 15.5 Å². The largest absolute Gasteiger partial charge is 0.346 e. The Morgan fingerprint density at radius 1 is 1.31 bits per heavy atom. The van der Waals surface area contributed by atoms with Crippen molar-refractivity contribution in [3.63, 3.8) is 0 Å². The minimum Gasteiger partial charge on any atom is -0.346 e. The van der Waals surface area contributed by atoms with Gasteiger partial charge < -0.3 is 5.32 Å². The Morgan fingerprint density at radius 2 is 2.15 bits per heavy atom. The number of fused-ring (bicyclic) bond motifs is 1. The zero-order valence-electron chi connectivity index (χ0n) is 14.2. The van der Waals surface area contributed by atoms with E-state index < -0.39 is 15.4 Å². The summed E-state index contributed by atoms with van der Waals surface area (Å²) in [6, 6.07) is 8.97. The zero-order valence-corrected chi connectivity index (χ0v) is 15.0. The van der Waals surface area contributed by atoms with Gasteiger partial charge in [0.2, 0.25) is 0 Å². The quantitative estimate of drug-likeness (QED) is 0.757. The second-order valence-corrected chi connectivity index (χ2v) is 9.07. The molecule has 0 radical (unpaired) electrons. The Labute approximate surface area is 151 Å². The normalized spacial score (nSPS) is 21.7. The van der Waals surface area contributed by atoms with Crippen molar-refractivity contribution in [2.24, 2.45) is 0 Å². The summed E-state index contributed by atoms with van der Waals surface area (Å²) in [6.45, 7) is 1.77. The highest BCUT2D eigenvalue weighted by molar-refractivity contribution is 7.91. The van der Waals surface area contributed by atoms with E-state index in [-0.39, 0.29) is 17.4 Å². The number of rotatable bonds is 3. The van der Waals surface area contributed by atoms with Crippen LogP contribution < -0.4 is 5.32 Å². The van der Waals surface area contributed by atoms with E-state index in [4.69, 9.17) is 0 Å². The van der Waals surface area contributed by atoms with Crippen molar-refractivity contribution < 1.29 is 13.2 Å². The molecule has 3 aromatic rings. The molecule has 0 spiro atoms. The molecule has 1 N–H and O–H groups in total. The summed E-state index contributed by atoms with van der Waals surface area (Å²) in [5.74, 6) is -0.197. The van der Waals surface area contributed by atoms with Crippen LogP contribution in [0.3, 0.4) is 0 Å². The van der Waals surface area contributed by atoms with Crippen LogP contribution in [0.15, 0.2) is 48.9 Å². The Kier molecular flexibility index (Phi) is 3.80. The third kappa shape index (κ3) is 3.08. The van der Waals surface area contributed by atoms with Crippen LogP contribution in [-0.4, -0.2) is 46.0 Å². The number of carbonyl (C=O) groups is 1. The minimum absolute atomic E-state index is 0.0244. The van der Waals surface area contributed by atoms with Gasteiger partial charge in [0.05, 0.1) is 23.2 Å². The van der Waals surface area contributed by atoms with Gasteiger partial charge in [-0.15, -0.1) is 0 Å². The number of aromatic nitrogens is 3. The van der Waals surface area contributed by atoms with E-state index in [1.165, 1.54) is 0 Å². The SMILES string of the molecule is C[C@]1(NC(=O)c2cccc(-c3cnn4cccnc34)c2)CCS(=O)(=O)C1. The molecule has 8 heteroatoms. The van der Waals surface area contributed by atoms with E-state index >= 15 is 0 Å². The first-order chi connectivity index (χ1) is 12.4. The third-order valence-corrected chi connectivity index (χ3v) is 6.54. The van der Waals surface area contributed by atoms with Crippen molar-refractivity contribution in [1.29, 1.82) is 0 Å². The average Bonchev–Trinajstić information content (AvgIpc) is 3.15. The number of carbonyl (C=O) groups excluding carboxylic acids is 1. The maximum atomic E-state index is 12.7. The summed E-state index contributed by atoms with van der Waals surface area (Å²) in [4.78, 5) is 17.0. The average molecular weight is 370 g/mol. The standard InChI is InChI=1S/C18H18N4O3S/c1-18(6-9-26(24,25)12-18)21-17(23)14-5-2-4-13(10-14)15-11-20-22-8-3-7-19-16(15)22/h2-5,7-8,10-11H,6,9,12H2,1H3,(H,21,23)/t18-/m0/s1. The van der Waals surface area contributed by atoms with Crippen LogP contribution >= 0.6 is 0 Å². The van der Waals surface area contributed by atoms with Gasteiger partial charge in [0.1, 0.15) is 0 Å². The van der Waals surface area contributed by atoms with Gasteiger partial charge in [-0.3, -0.25) is 4.79 Å². The van der Waals surface area contributed by atoms with Crippen molar-refractivity contribution in [3.8, 4) is 11.1 Å². The third-order valence-electron chi connectivity index (χ3n) is 4.63. The molecule has 7 nitrogen and oxygen atoms in total. The van der Waals surface area contributed by atoms with E-state index in [0.29, 0.717) is 17.6 Å². The zero-order chi connectivity index (χ0) is 18.4. The monoisotopic (exact) mass is 370 g/mol. The van der Waals surface area contributed by atoms with Crippen LogP contribution in [0.5, 0.6) is 0 Å². The topological polar surface area (TPSA) is 93.4 Å². The van der Waals surface area contributed by atoms with E-state index in [1.807, 2.05) is 12.3 Å². The smallest absolute Gasteiger partial charge is 0.251 e. The lowest BCUT2D eigenvalue weighted by atomic mass is 10.00. The second kappa shape index (κ2) is 5.91. The fourth-order valence-corrected chi connectivity index (χ4v) is 5.41. The van der Waals surface area contributed by atoms with Crippen LogP contribution in [0, 0.1) is 0 Å². The molecule has 26 heavy (non-hydrogen) atoms. The fourth-order valence-electron chi connectivity index (χ4n) is 3.31. The number of benzene rings is 1. The number of hydrogen-bond donors (Lipinski definition) is 1. The van der Waals surface area contributed by atoms with Crippen LogP contribution in [0.4, 0.5) is 0 Å². The lowest BCUT2D eigenvalue weighted by Crippen LogP contribution is -2.46. The van der Waals surface area contributed by atoms with Crippen molar-refractivity contribution >= 4 is 21.4 Å². The van der Waals surface area contributed by atoms with Crippen molar-refractivity contribution in [2.45, 2.75) is 18.9 Å². The molecule has 2 aromatic heterocycles. The van der Waals surface area contributed by atoms with Crippen molar-refractivity contribution in [2.75, 3.05) is 11.5 Å². The van der Waals surface area contributed by atoms with Gasteiger partial charge in [-0.1, -0.05) is 12.1 Å². The summed E-state index contributed by atoms with van der Waals surface area (Å²) >= 11 is 0. The minimum atomic E-state index is -3.08. The number of amides is 1. The molecule has 0 aliphatic carbocycles. The van der Waals surface area contributed by atoms with Crippen molar-refractivity contribution in [1.82, 2.24) is 19.9 Å². The van der Waals surface area contributed by atoms with E-state index in [0.717, 1.165) is 11.1 Å². The fraction of sp³-hybridized carbons (Fsp3) is 0.278. The lowest BCUT2D eigenvalue weighted by Gasteiger charge is -2.24. The number of sulfone groups is 1. The summed E-state index contributed by atoms with van der Waals surface area (Å²) in [5.41, 5.74) is 2.12. The molecule has 0 bridgehead atoms. The molecule has 1 aliphatic rings. The summed E-state index contributed by atoms with van der Waals surface area (Å²) in [6.07, 6.45) is 5.64. The Hall–Kier alpha value is -2.74. The molecular formula is C18H18N4O3S. The molecule has 134 valence electrons. The first-order valence-corrected chi connectivity index (χ1v) is 10.1. The lowest BCUT2D eigenvalue weighted by molar-refractivity contribution is 0.0915. The molecular weight excluding hydrogens is 352 g/mol. The highest BCUT2D eigenvalue weighted by Gasteiger charge is 2.39. The van der Waals surface area contributed by atoms with Crippen LogP contribution in [-0.2, 0) is 9.84 Å². The molecule has 1 atom stereocenters. The van der Waals surface area contributed by atoms with E-state index in [9.17, 15) is 13.2 Å². The molecule has 0 saturated carbocycles.